The first-order valence-electron chi connectivity index (χ1n) is 7.38. The molecule has 0 aliphatic carbocycles. The van der Waals surface area contributed by atoms with Crippen LogP contribution in [-0.4, -0.2) is 32.4 Å². The number of benzene rings is 1. The summed E-state index contributed by atoms with van der Waals surface area (Å²) in [7, 11) is 0. The summed E-state index contributed by atoms with van der Waals surface area (Å²) in [5.74, 6) is 0.574. The zero-order valence-corrected chi connectivity index (χ0v) is 12.9. The maximum atomic E-state index is 12.4. The van der Waals surface area contributed by atoms with E-state index in [1.807, 2.05) is 12.1 Å². The van der Waals surface area contributed by atoms with Crippen LogP contribution < -0.4 is 10.6 Å². The standard InChI is InChI=1S/C15H15ClN6O/c16-8-1-2-9-11(5-8)22-12(21-9)6-18-15(23)14-13-10(3-4-17-14)19-7-20-13/h1-2,5,7,14,17H,3-4,6H2,(H,18,23)(H,19,20)(H,21,22). The largest absolute Gasteiger partial charge is 0.348 e. The van der Waals surface area contributed by atoms with Gasteiger partial charge < -0.3 is 20.6 Å². The van der Waals surface area contributed by atoms with Gasteiger partial charge in [0.15, 0.2) is 0 Å². The van der Waals surface area contributed by atoms with Crippen LogP contribution in [0.1, 0.15) is 23.3 Å². The van der Waals surface area contributed by atoms with E-state index in [2.05, 4.69) is 30.6 Å². The molecule has 7 nitrogen and oxygen atoms in total. The number of amides is 1. The molecule has 4 N–H and O–H groups in total. The highest BCUT2D eigenvalue weighted by atomic mass is 35.5. The molecule has 2 aromatic heterocycles. The molecule has 0 fully saturated rings. The van der Waals surface area contributed by atoms with Crippen LogP contribution in [0.15, 0.2) is 24.5 Å². The van der Waals surface area contributed by atoms with E-state index in [9.17, 15) is 4.79 Å². The van der Waals surface area contributed by atoms with E-state index in [0.29, 0.717) is 17.4 Å². The number of hydrogen-bond acceptors (Lipinski definition) is 4. The first kappa shape index (κ1) is 14.2. The van der Waals surface area contributed by atoms with Crippen LogP contribution in [0.4, 0.5) is 0 Å². The number of H-pyrrole nitrogens is 2. The third kappa shape index (κ3) is 2.69. The molecular formula is C15H15ClN6O. The van der Waals surface area contributed by atoms with Crippen molar-refractivity contribution in [2.45, 2.75) is 19.0 Å². The van der Waals surface area contributed by atoms with Gasteiger partial charge in [-0.25, -0.2) is 9.97 Å². The third-order valence-corrected chi connectivity index (χ3v) is 4.17. The molecule has 0 saturated heterocycles. The molecule has 3 heterocycles. The van der Waals surface area contributed by atoms with E-state index < -0.39 is 6.04 Å². The minimum atomic E-state index is -0.427. The number of imidazole rings is 2. The van der Waals surface area contributed by atoms with Crippen molar-refractivity contribution in [3.63, 3.8) is 0 Å². The van der Waals surface area contributed by atoms with Crippen molar-refractivity contribution in [1.82, 2.24) is 30.6 Å². The Hall–Kier alpha value is -2.38. The van der Waals surface area contributed by atoms with Crippen LogP contribution in [0.3, 0.4) is 0 Å². The molecule has 1 unspecified atom stereocenters. The van der Waals surface area contributed by atoms with Gasteiger partial charge in [0.05, 0.1) is 29.6 Å². The normalized spacial score (nSPS) is 17.2. The molecule has 1 atom stereocenters. The van der Waals surface area contributed by atoms with Crippen molar-refractivity contribution in [2.24, 2.45) is 0 Å². The van der Waals surface area contributed by atoms with Crippen LogP contribution in [0.2, 0.25) is 5.02 Å². The number of nitrogens with zero attached hydrogens (tertiary/aromatic N) is 2. The van der Waals surface area contributed by atoms with Gasteiger partial charge in [0, 0.05) is 23.7 Å². The number of hydrogen-bond donors (Lipinski definition) is 4. The Morgan fingerprint density at radius 2 is 2.35 bits per heavy atom. The van der Waals surface area contributed by atoms with Gasteiger partial charge in [-0.1, -0.05) is 11.6 Å². The monoisotopic (exact) mass is 330 g/mol. The van der Waals surface area contributed by atoms with Gasteiger partial charge in [-0.3, -0.25) is 4.79 Å². The molecule has 1 aliphatic heterocycles. The summed E-state index contributed by atoms with van der Waals surface area (Å²) in [5, 5.41) is 6.73. The molecule has 0 bridgehead atoms. The van der Waals surface area contributed by atoms with Gasteiger partial charge in [-0.2, -0.15) is 0 Å². The molecule has 0 spiro atoms. The van der Waals surface area contributed by atoms with Crippen LogP contribution >= 0.6 is 11.6 Å². The summed E-state index contributed by atoms with van der Waals surface area (Å²) >= 11 is 5.96. The molecule has 8 heteroatoms. The Morgan fingerprint density at radius 1 is 1.43 bits per heavy atom. The number of nitrogens with one attached hydrogen (secondary N) is 4. The second-order valence-corrected chi connectivity index (χ2v) is 5.90. The quantitative estimate of drug-likeness (QED) is 0.584. The van der Waals surface area contributed by atoms with Gasteiger partial charge in [0.2, 0.25) is 5.91 Å². The zero-order chi connectivity index (χ0) is 15.8. The number of aromatic nitrogens is 4. The van der Waals surface area contributed by atoms with Crippen LogP contribution in [-0.2, 0) is 17.8 Å². The molecule has 0 saturated carbocycles. The summed E-state index contributed by atoms with van der Waals surface area (Å²) in [6.07, 6.45) is 2.48. The number of rotatable bonds is 3. The van der Waals surface area contributed by atoms with Crippen molar-refractivity contribution in [2.75, 3.05) is 6.54 Å². The lowest BCUT2D eigenvalue weighted by atomic mass is 10.1. The number of carbonyl (C=O) groups excluding carboxylic acids is 1. The summed E-state index contributed by atoms with van der Waals surface area (Å²) in [6.45, 7) is 1.07. The molecule has 23 heavy (non-hydrogen) atoms. The molecular weight excluding hydrogens is 316 g/mol. The molecule has 118 valence electrons. The fourth-order valence-electron chi connectivity index (χ4n) is 2.83. The highest BCUT2D eigenvalue weighted by Crippen LogP contribution is 2.20. The van der Waals surface area contributed by atoms with Gasteiger partial charge in [-0.15, -0.1) is 0 Å². The van der Waals surface area contributed by atoms with Crippen molar-refractivity contribution < 1.29 is 4.79 Å². The lowest BCUT2D eigenvalue weighted by Gasteiger charge is -2.21. The summed E-state index contributed by atoms with van der Waals surface area (Å²) in [4.78, 5) is 27.3. The maximum absolute atomic E-state index is 12.4. The SMILES string of the molecule is O=C(NCc1nc2ccc(Cl)cc2[nH]1)C1NCCc2[nH]cnc21. The Morgan fingerprint density at radius 3 is 3.26 bits per heavy atom. The number of halogens is 1. The van der Waals surface area contributed by atoms with Crippen molar-refractivity contribution in [3.8, 4) is 0 Å². The first-order chi connectivity index (χ1) is 11.2. The number of aromatic amines is 2. The fourth-order valence-corrected chi connectivity index (χ4v) is 3.00. The highest BCUT2D eigenvalue weighted by Gasteiger charge is 2.28. The van der Waals surface area contributed by atoms with Gasteiger partial charge in [0.25, 0.3) is 0 Å². The van der Waals surface area contributed by atoms with E-state index in [4.69, 9.17) is 11.6 Å². The van der Waals surface area contributed by atoms with E-state index in [0.717, 1.165) is 35.4 Å². The highest BCUT2D eigenvalue weighted by molar-refractivity contribution is 6.31. The molecule has 1 aromatic carbocycles. The first-order valence-corrected chi connectivity index (χ1v) is 7.76. The average Bonchev–Trinajstić information content (AvgIpc) is 3.17. The lowest BCUT2D eigenvalue weighted by molar-refractivity contribution is -0.123. The molecule has 1 aliphatic rings. The van der Waals surface area contributed by atoms with Gasteiger partial charge >= 0.3 is 0 Å². The number of fused-ring (bicyclic) bond motifs is 2. The van der Waals surface area contributed by atoms with Crippen LogP contribution in [0, 0.1) is 0 Å². The molecule has 1 amide bonds. The van der Waals surface area contributed by atoms with E-state index >= 15 is 0 Å². The van der Waals surface area contributed by atoms with Gasteiger partial charge in [0.1, 0.15) is 11.9 Å². The minimum absolute atomic E-state index is 0.114. The molecule has 0 radical (unpaired) electrons. The molecule has 3 aromatic rings. The van der Waals surface area contributed by atoms with Crippen LogP contribution in [0.5, 0.6) is 0 Å². The summed E-state index contributed by atoms with van der Waals surface area (Å²) in [5.41, 5.74) is 3.46. The minimum Gasteiger partial charge on any atom is -0.348 e. The Bertz CT molecular complexity index is 870. The number of carbonyl (C=O) groups is 1. The second kappa shape index (κ2) is 5.68. The zero-order valence-electron chi connectivity index (χ0n) is 12.2. The Balaban J connectivity index is 1.47. The van der Waals surface area contributed by atoms with Crippen molar-refractivity contribution in [3.05, 3.63) is 46.8 Å². The van der Waals surface area contributed by atoms with E-state index in [1.54, 1.807) is 12.4 Å². The smallest absolute Gasteiger partial charge is 0.243 e. The summed E-state index contributed by atoms with van der Waals surface area (Å²) < 4.78 is 0. The molecule has 4 rings (SSSR count). The van der Waals surface area contributed by atoms with Crippen LogP contribution in [0.25, 0.3) is 11.0 Å². The lowest BCUT2D eigenvalue weighted by Crippen LogP contribution is -2.41. The predicted molar refractivity (Wildman–Crippen MR) is 86.0 cm³/mol. The van der Waals surface area contributed by atoms with Crippen molar-refractivity contribution >= 4 is 28.5 Å². The van der Waals surface area contributed by atoms with E-state index in [-0.39, 0.29) is 5.91 Å². The van der Waals surface area contributed by atoms with Crippen molar-refractivity contribution in [1.29, 1.82) is 0 Å². The summed E-state index contributed by atoms with van der Waals surface area (Å²) in [6, 6.07) is 5.02. The van der Waals surface area contributed by atoms with E-state index in [1.165, 1.54) is 0 Å². The fraction of sp³-hybridized carbons (Fsp3) is 0.267. The topological polar surface area (TPSA) is 98.5 Å². The second-order valence-electron chi connectivity index (χ2n) is 5.47. The predicted octanol–water partition coefficient (Wildman–Crippen LogP) is 1.44. The Labute approximate surface area is 136 Å². The maximum Gasteiger partial charge on any atom is 0.243 e. The Kier molecular flexibility index (Phi) is 3.51. The van der Waals surface area contributed by atoms with Gasteiger partial charge in [-0.05, 0) is 18.2 Å². The average molecular weight is 331 g/mol. The third-order valence-electron chi connectivity index (χ3n) is 3.93.